The summed E-state index contributed by atoms with van der Waals surface area (Å²) in [6.07, 6.45) is -4.40. The Bertz CT molecular complexity index is 772. The number of hydrogen-bond acceptors (Lipinski definition) is 4. The Kier molecular flexibility index (Phi) is 13.0. The predicted octanol–water partition coefficient (Wildman–Crippen LogP) is 4.79. The number of hydrogen-bond donors (Lipinski definition) is 3. The maximum Gasteiger partial charge on any atom is 0.416 e. The highest BCUT2D eigenvalue weighted by Crippen LogP contribution is 2.31. The quantitative estimate of drug-likeness (QED) is 0.494. The molecule has 0 saturated heterocycles. The maximum absolute atomic E-state index is 12.6. The Morgan fingerprint density at radius 3 is 1.90 bits per heavy atom. The van der Waals surface area contributed by atoms with Crippen molar-refractivity contribution in [1.82, 2.24) is 5.32 Å². The van der Waals surface area contributed by atoms with E-state index in [-0.39, 0.29) is 31.4 Å². The van der Waals surface area contributed by atoms with Crippen LogP contribution in [0.2, 0.25) is 0 Å². The van der Waals surface area contributed by atoms with Gasteiger partial charge in [-0.15, -0.1) is 12.4 Å². The Balaban J connectivity index is 0.000000858. The van der Waals surface area contributed by atoms with Crippen molar-refractivity contribution < 1.29 is 37.7 Å². The van der Waals surface area contributed by atoms with E-state index in [1.54, 1.807) is 0 Å². The maximum atomic E-state index is 12.6. The van der Waals surface area contributed by atoms with Crippen LogP contribution in [-0.4, -0.2) is 35.7 Å². The van der Waals surface area contributed by atoms with Crippen LogP contribution in [-0.2, 0) is 15.8 Å². The van der Waals surface area contributed by atoms with E-state index in [0.717, 1.165) is 30.7 Å². The Morgan fingerprint density at radius 2 is 1.48 bits per heavy atom. The van der Waals surface area contributed by atoms with Crippen LogP contribution < -0.4 is 10.1 Å². The average Bonchev–Trinajstić information content (AvgIpc) is 2.70. The fraction of sp³-hybridized carbons (Fsp3) is 0.333. The number of halogens is 4. The number of ether oxygens (including phenoxy) is 1. The zero-order valence-corrected chi connectivity index (χ0v) is 17.6. The lowest BCUT2D eigenvalue weighted by Crippen LogP contribution is -2.16. The van der Waals surface area contributed by atoms with Crippen LogP contribution in [0.15, 0.2) is 54.6 Å². The Labute approximate surface area is 184 Å². The van der Waals surface area contributed by atoms with Gasteiger partial charge < -0.3 is 20.3 Å². The predicted molar refractivity (Wildman–Crippen MR) is 112 cm³/mol. The highest BCUT2D eigenvalue weighted by molar-refractivity contribution is 5.85. The molecule has 172 valence electrons. The minimum absolute atomic E-state index is 0. The second-order valence-electron chi connectivity index (χ2n) is 6.22. The summed E-state index contributed by atoms with van der Waals surface area (Å²) < 4.78 is 43.6. The van der Waals surface area contributed by atoms with Crippen molar-refractivity contribution in [3.05, 3.63) is 65.7 Å². The average molecular weight is 464 g/mol. The number of carboxylic acids is 2. The first-order chi connectivity index (χ1) is 14.1. The van der Waals surface area contributed by atoms with Gasteiger partial charge in [-0.05, 0) is 43.4 Å². The first-order valence-corrected chi connectivity index (χ1v) is 9.10. The van der Waals surface area contributed by atoms with Crippen LogP contribution in [0.3, 0.4) is 0 Å². The van der Waals surface area contributed by atoms with Crippen molar-refractivity contribution in [3.63, 3.8) is 0 Å². The number of alkyl halides is 3. The van der Waals surface area contributed by atoms with Gasteiger partial charge in [-0.25, -0.2) is 0 Å². The normalized spacial score (nSPS) is 11.4. The van der Waals surface area contributed by atoms with Gasteiger partial charge in [0.25, 0.3) is 0 Å². The zero-order chi connectivity index (χ0) is 22.6. The van der Waals surface area contributed by atoms with Crippen molar-refractivity contribution in [3.8, 4) is 5.75 Å². The van der Waals surface area contributed by atoms with Gasteiger partial charge in [-0.1, -0.05) is 30.3 Å². The molecule has 0 heterocycles. The Morgan fingerprint density at radius 1 is 0.968 bits per heavy atom. The number of aliphatic carboxylic acids is 2. The SMILES string of the molecule is CNCCC(Oc1ccc(C(F)(F)F)cc1)c1ccccc1.Cl.O=C(O)CCC(=O)O. The fourth-order valence-electron chi connectivity index (χ4n) is 2.34. The second-order valence-corrected chi connectivity index (χ2v) is 6.22. The van der Waals surface area contributed by atoms with E-state index in [0.29, 0.717) is 5.75 Å². The van der Waals surface area contributed by atoms with Crippen LogP contribution in [0, 0.1) is 0 Å². The molecule has 0 bridgehead atoms. The molecule has 31 heavy (non-hydrogen) atoms. The molecule has 1 atom stereocenters. The van der Waals surface area contributed by atoms with E-state index in [4.69, 9.17) is 14.9 Å². The van der Waals surface area contributed by atoms with Crippen molar-refractivity contribution in [2.45, 2.75) is 31.5 Å². The van der Waals surface area contributed by atoms with Crippen molar-refractivity contribution in [2.75, 3.05) is 13.6 Å². The summed E-state index contributed by atoms with van der Waals surface area (Å²) in [5.41, 5.74) is 0.323. The largest absolute Gasteiger partial charge is 0.486 e. The molecule has 0 amide bonds. The van der Waals surface area contributed by atoms with Crippen LogP contribution in [0.1, 0.15) is 36.5 Å². The molecule has 0 spiro atoms. The zero-order valence-electron chi connectivity index (χ0n) is 16.8. The van der Waals surface area contributed by atoms with E-state index in [2.05, 4.69) is 5.32 Å². The molecule has 0 aromatic heterocycles. The summed E-state index contributed by atoms with van der Waals surface area (Å²) in [5.74, 6) is -1.72. The van der Waals surface area contributed by atoms with E-state index in [1.165, 1.54) is 12.1 Å². The smallest absolute Gasteiger partial charge is 0.416 e. The van der Waals surface area contributed by atoms with Crippen LogP contribution in [0.5, 0.6) is 5.75 Å². The van der Waals surface area contributed by atoms with E-state index >= 15 is 0 Å². The Hall–Kier alpha value is -2.78. The van der Waals surface area contributed by atoms with Crippen LogP contribution >= 0.6 is 12.4 Å². The topological polar surface area (TPSA) is 95.9 Å². The number of benzene rings is 2. The molecule has 0 fully saturated rings. The molecule has 0 aliphatic heterocycles. The molecule has 0 aliphatic rings. The minimum atomic E-state index is -4.33. The molecular weight excluding hydrogens is 439 g/mol. The third-order valence-corrected chi connectivity index (χ3v) is 3.84. The second kappa shape index (κ2) is 14.3. The number of carboxylic acid groups (broad SMARTS) is 2. The third-order valence-electron chi connectivity index (χ3n) is 3.84. The molecule has 2 aromatic carbocycles. The lowest BCUT2D eigenvalue weighted by Gasteiger charge is -2.20. The molecule has 2 aromatic rings. The van der Waals surface area contributed by atoms with E-state index < -0.39 is 23.7 Å². The first-order valence-electron chi connectivity index (χ1n) is 9.10. The first kappa shape index (κ1) is 28.2. The molecule has 0 radical (unpaired) electrons. The third kappa shape index (κ3) is 11.9. The summed E-state index contributed by atoms with van der Waals surface area (Å²) in [6.45, 7) is 0.750. The van der Waals surface area contributed by atoms with Gasteiger partial charge in [0.15, 0.2) is 0 Å². The molecule has 3 N–H and O–H groups in total. The van der Waals surface area contributed by atoms with E-state index in [1.807, 2.05) is 37.4 Å². The van der Waals surface area contributed by atoms with Crippen LogP contribution in [0.4, 0.5) is 13.2 Å². The van der Waals surface area contributed by atoms with Gasteiger partial charge in [-0.2, -0.15) is 13.2 Å². The van der Waals surface area contributed by atoms with Gasteiger partial charge in [0.05, 0.1) is 18.4 Å². The highest BCUT2D eigenvalue weighted by Gasteiger charge is 2.30. The molecule has 1 unspecified atom stereocenters. The monoisotopic (exact) mass is 463 g/mol. The number of nitrogens with one attached hydrogen (secondary N) is 1. The van der Waals surface area contributed by atoms with E-state index in [9.17, 15) is 22.8 Å². The minimum Gasteiger partial charge on any atom is -0.486 e. The van der Waals surface area contributed by atoms with Gasteiger partial charge in [0, 0.05) is 6.42 Å². The van der Waals surface area contributed by atoms with Gasteiger partial charge in [-0.3, -0.25) is 9.59 Å². The van der Waals surface area contributed by atoms with Gasteiger partial charge in [0.2, 0.25) is 0 Å². The van der Waals surface area contributed by atoms with Gasteiger partial charge in [0.1, 0.15) is 11.9 Å². The standard InChI is InChI=1S/C17H18F3NO.C4H6O4.ClH/c1-21-12-11-16(13-5-3-2-4-6-13)22-15-9-7-14(8-10-15)17(18,19)20;5-3(6)1-2-4(7)8;/h2-10,16,21H,11-12H2,1H3;1-2H2,(H,5,6)(H,7,8);1H. The number of rotatable bonds is 9. The molecule has 2 rings (SSSR count). The summed E-state index contributed by atoms with van der Waals surface area (Å²) >= 11 is 0. The summed E-state index contributed by atoms with van der Waals surface area (Å²) in [6, 6.07) is 14.4. The van der Waals surface area contributed by atoms with Gasteiger partial charge >= 0.3 is 18.1 Å². The molecule has 0 aliphatic carbocycles. The summed E-state index contributed by atoms with van der Waals surface area (Å²) in [4.78, 5) is 19.3. The molecular formula is C21H25ClF3NO5. The van der Waals surface area contributed by atoms with Crippen molar-refractivity contribution >= 4 is 24.3 Å². The molecule has 10 heteroatoms. The van der Waals surface area contributed by atoms with Crippen molar-refractivity contribution in [1.29, 1.82) is 0 Å². The highest BCUT2D eigenvalue weighted by atomic mass is 35.5. The lowest BCUT2D eigenvalue weighted by molar-refractivity contribution is -0.143. The summed E-state index contributed by atoms with van der Waals surface area (Å²) in [5, 5.41) is 18.9. The van der Waals surface area contributed by atoms with Crippen molar-refractivity contribution in [2.24, 2.45) is 0 Å². The number of carbonyl (C=O) groups is 2. The summed E-state index contributed by atoms with van der Waals surface area (Å²) in [7, 11) is 1.85. The lowest BCUT2D eigenvalue weighted by atomic mass is 10.1. The molecule has 0 saturated carbocycles. The molecule has 6 nitrogen and oxygen atoms in total. The fourth-order valence-corrected chi connectivity index (χ4v) is 2.34. The van der Waals surface area contributed by atoms with Crippen LogP contribution in [0.25, 0.3) is 0 Å².